The zero-order valence-corrected chi connectivity index (χ0v) is 23.1. The van der Waals surface area contributed by atoms with Crippen molar-refractivity contribution in [1.29, 1.82) is 0 Å². The number of hydrogen-bond acceptors (Lipinski definition) is 5. The lowest BCUT2D eigenvalue weighted by molar-refractivity contribution is -0.136. The first-order chi connectivity index (χ1) is 17.1. The Balaban J connectivity index is 1.76. The minimum atomic E-state index is -3.18. The largest absolute Gasteiger partial charge is 0.491 e. The molecule has 0 aliphatic carbocycles. The maximum atomic E-state index is 13.6. The van der Waals surface area contributed by atoms with Crippen LogP contribution in [0.2, 0.25) is 0 Å². The summed E-state index contributed by atoms with van der Waals surface area (Å²) in [6.45, 7) is 6.86. The molecule has 2 aliphatic heterocycles. The van der Waals surface area contributed by atoms with Crippen molar-refractivity contribution >= 4 is 21.8 Å². The van der Waals surface area contributed by atoms with Gasteiger partial charge in [0.15, 0.2) is 0 Å². The molecule has 0 unspecified atom stereocenters. The monoisotopic (exact) mass is 521 g/mol. The van der Waals surface area contributed by atoms with Crippen LogP contribution in [0.3, 0.4) is 0 Å². The number of nitrogens with zero attached hydrogens (tertiary/aromatic N) is 3. The van der Waals surface area contributed by atoms with Crippen LogP contribution in [0.1, 0.15) is 69.2 Å². The molecular weight excluding hydrogens is 478 g/mol. The molecule has 2 aliphatic rings. The Morgan fingerprint density at radius 1 is 1.03 bits per heavy atom. The second-order valence-electron chi connectivity index (χ2n) is 10.7. The highest BCUT2D eigenvalue weighted by Crippen LogP contribution is 2.26. The molecule has 36 heavy (non-hydrogen) atoms. The predicted molar refractivity (Wildman–Crippen MR) is 141 cm³/mol. The molecule has 1 aromatic rings. The standard InChI is InChI=1S/C27H43N3O5S/c1-21(2)24-20-35-25-12-8-7-11-23(25)27(32)28(3)15-9-5-6-10-16-30(24)26(31)19-22-13-17-29(18-14-22)36(4,33)34/h7-8,11-12,21-22,24H,5-6,9-10,13-20H2,1-4H3/t24-/m1/s1. The quantitative estimate of drug-likeness (QED) is 0.604. The highest BCUT2D eigenvalue weighted by atomic mass is 32.2. The average molecular weight is 522 g/mol. The summed E-state index contributed by atoms with van der Waals surface area (Å²) in [5.41, 5.74) is 0.551. The molecule has 2 amide bonds. The predicted octanol–water partition coefficient (Wildman–Crippen LogP) is 3.63. The Labute approximate surface area is 217 Å². The van der Waals surface area contributed by atoms with Gasteiger partial charge in [0.25, 0.3) is 5.91 Å². The molecule has 202 valence electrons. The van der Waals surface area contributed by atoms with Gasteiger partial charge in [0.2, 0.25) is 15.9 Å². The number of para-hydroxylation sites is 1. The van der Waals surface area contributed by atoms with E-state index in [1.807, 2.05) is 30.1 Å². The Hall–Kier alpha value is -2.13. The van der Waals surface area contributed by atoms with Crippen LogP contribution in [-0.4, -0.2) is 86.5 Å². The Morgan fingerprint density at radius 2 is 1.67 bits per heavy atom. The summed E-state index contributed by atoms with van der Waals surface area (Å²) in [5, 5.41) is 0. The Bertz CT molecular complexity index is 989. The van der Waals surface area contributed by atoms with Crippen molar-refractivity contribution in [2.75, 3.05) is 46.1 Å². The summed E-state index contributed by atoms with van der Waals surface area (Å²) in [7, 11) is -1.35. The minimum absolute atomic E-state index is 0.0443. The molecule has 0 bridgehead atoms. The first-order valence-corrected chi connectivity index (χ1v) is 15.1. The molecule has 1 saturated heterocycles. The fourth-order valence-corrected chi connectivity index (χ4v) is 6.04. The fourth-order valence-electron chi connectivity index (χ4n) is 5.16. The molecule has 9 heteroatoms. The van der Waals surface area contributed by atoms with E-state index in [0.717, 1.165) is 25.7 Å². The molecule has 3 rings (SSSR count). The van der Waals surface area contributed by atoms with Crippen LogP contribution in [0.5, 0.6) is 5.75 Å². The summed E-state index contributed by atoms with van der Waals surface area (Å²) in [6, 6.07) is 7.23. The van der Waals surface area contributed by atoms with Crippen molar-refractivity contribution in [1.82, 2.24) is 14.1 Å². The van der Waals surface area contributed by atoms with Gasteiger partial charge in [-0.2, -0.15) is 0 Å². The lowest BCUT2D eigenvalue weighted by Gasteiger charge is -2.37. The zero-order valence-electron chi connectivity index (χ0n) is 22.3. The van der Waals surface area contributed by atoms with E-state index in [2.05, 4.69) is 13.8 Å². The number of sulfonamides is 1. The molecule has 0 saturated carbocycles. The van der Waals surface area contributed by atoms with Gasteiger partial charge in [-0.15, -0.1) is 0 Å². The van der Waals surface area contributed by atoms with E-state index in [9.17, 15) is 18.0 Å². The number of carbonyl (C=O) groups is 2. The van der Waals surface area contributed by atoms with Crippen LogP contribution in [-0.2, 0) is 14.8 Å². The van der Waals surface area contributed by atoms with E-state index in [-0.39, 0.29) is 29.7 Å². The molecule has 0 spiro atoms. The molecular formula is C27H43N3O5S. The van der Waals surface area contributed by atoms with Gasteiger partial charge in [-0.3, -0.25) is 9.59 Å². The van der Waals surface area contributed by atoms with Crippen molar-refractivity contribution in [2.45, 2.75) is 64.8 Å². The van der Waals surface area contributed by atoms with Crippen LogP contribution in [0, 0.1) is 11.8 Å². The molecule has 0 N–H and O–H groups in total. The molecule has 2 heterocycles. The number of amides is 2. The number of ether oxygens (including phenoxy) is 1. The minimum Gasteiger partial charge on any atom is -0.491 e. The van der Waals surface area contributed by atoms with Crippen molar-refractivity contribution in [2.24, 2.45) is 11.8 Å². The summed E-state index contributed by atoms with van der Waals surface area (Å²) in [4.78, 5) is 30.4. The lowest BCUT2D eigenvalue weighted by atomic mass is 9.93. The number of benzene rings is 1. The summed E-state index contributed by atoms with van der Waals surface area (Å²) in [5.74, 6) is 0.992. The molecule has 1 atom stereocenters. The number of rotatable bonds is 4. The van der Waals surface area contributed by atoms with Crippen LogP contribution in [0.15, 0.2) is 24.3 Å². The van der Waals surface area contributed by atoms with E-state index in [1.54, 1.807) is 11.0 Å². The van der Waals surface area contributed by atoms with E-state index >= 15 is 0 Å². The fraction of sp³-hybridized carbons (Fsp3) is 0.704. The lowest BCUT2D eigenvalue weighted by Crippen LogP contribution is -2.48. The molecule has 1 fully saturated rings. The summed E-state index contributed by atoms with van der Waals surface area (Å²) >= 11 is 0. The SMILES string of the molecule is CC(C)[C@H]1COc2ccccc2C(=O)N(C)CCCCCCN1C(=O)CC1CCN(S(C)(=O)=O)CC1. The summed E-state index contributed by atoms with van der Waals surface area (Å²) < 4.78 is 31.4. The smallest absolute Gasteiger partial charge is 0.257 e. The van der Waals surface area contributed by atoms with Gasteiger partial charge in [-0.05, 0) is 49.7 Å². The maximum absolute atomic E-state index is 13.6. The van der Waals surface area contributed by atoms with Crippen LogP contribution in [0.4, 0.5) is 0 Å². The third kappa shape index (κ3) is 7.68. The van der Waals surface area contributed by atoms with Gasteiger partial charge in [0.05, 0.1) is 17.9 Å². The molecule has 0 aromatic heterocycles. The van der Waals surface area contributed by atoms with Gasteiger partial charge in [0, 0.05) is 39.6 Å². The topological polar surface area (TPSA) is 87.2 Å². The second-order valence-corrected chi connectivity index (χ2v) is 12.6. The van der Waals surface area contributed by atoms with Crippen molar-refractivity contribution < 1.29 is 22.7 Å². The van der Waals surface area contributed by atoms with Gasteiger partial charge >= 0.3 is 0 Å². The number of carbonyl (C=O) groups excluding carboxylic acids is 2. The van der Waals surface area contributed by atoms with Crippen molar-refractivity contribution in [3.63, 3.8) is 0 Å². The number of fused-ring (bicyclic) bond motifs is 1. The zero-order chi connectivity index (χ0) is 26.3. The van der Waals surface area contributed by atoms with Gasteiger partial charge in [0.1, 0.15) is 12.4 Å². The van der Waals surface area contributed by atoms with Crippen LogP contribution >= 0.6 is 0 Å². The van der Waals surface area contributed by atoms with Crippen LogP contribution in [0.25, 0.3) is 0 Å². The van der Waals surface area contributed by atoms with Gasteiger partial charge in [-0.25, -0.2) is 12.7 Å². The maximum Gasteiger partial charge on any atom is 0.257 e. The van der Waals surface area contributed by atoms with Gasteiger partial charge < -0.3 is 14.5 Å². The molecule has 1 aromatic carbocycles. The second kappa shape index (κ2) is 12.9. The van der Waals surface area contributed by atoms with E-state index in [4.69, 9.17) is 4.74 Å². The van der Waals surface area contributed by atoms with E-state index < -0.39 is 10.0 Å². The summed E-state index contributed by atoms with van der Waals surface area (Å²) in [6.07, 6.45) is 6.93. The van der Waals surface area contributed by atoms with Crippen molar-refractivity contribution in [3.8, 4) is 5.75 Å². The van der Waals surface area contributed by atoms with Crippen LogP contribution < -0.4 is 4.74 Å². The van der Waals surface area contributed by atoms with Gasteiger partial charge in [-0.1, -0.05) is 38.8 Å². The highest BCUT2D eigenvalue weighted by molar-refractivity contribution is 7.88. The Morgan fingerprint density at radius 3 is 2.31 bits per heavy atom. The highest BCUT2D eigenvalue weighted by Gasteiger charge is 2.31. The van der Waals surface area contributed by atoms with E-state index in [0.29, 0.717) is 63.4 Å². The average Bonchev–Trinajstić information content (AvgIpc) is 2.83. The van der Waals surface area contributed by atoms with E-state index in [1.165, 1.54) is 10.6 Å². The first-order valence-electron chi connectivity index (χ1n) is 13.3. The number of hydrogen-bond donors (Lipinski definition) is 0. The normalized spacial score (nSPS) is 22.1. The Kier molecular flexibility index (Phi) is 10.2. The molecule has 8 nitrogen and oxygen atoms in total. The third-order valence-corrected chi connectivity index (χ3v) is 8.82. The molecule has 0 radical (unpaired) electrons. The first kappa shape index (κ1) is 28.4. The van der Waals surface area contributed by atoms with Crippen molar-refractivity contribution in [3.05, 3.63) is 29.8 Å². The number of piperidine rings is 1. The third-order valence-electron chi connectivity index (χ3n) is 7.51.